The highest BCUT2D eigenvalue weighted by Crippen LogP contribution is 2.33. The van der Waals surface area contributed by atoms with Gasteiger partial charge in [-0.1, -0.05) is 12.1 Å². The smallest absolute Gasteiger partial charge is 0.0620 e. The maximum absolute atomic E-state index is 3.43. The molecular weight excluding hydrogens is 192 g/mol. The Bertz CT molecular complexity index is 462. The molecular formula is C11H10N2S. The maximum atomic E-state index is 3.43. The quantitative estimate of drug-likeness (QED) is 0.684. The highest BCUT2D eigenvalue weighted by Gasteiger charge is 2.11. The average molecular weight is 202 g/mol. The van der Waals surface area contributed by atoms with Crippen LogP contribution in [0.4, 0.5) is 17.1 Å². The van der Waals surface area contributed by atoms with E-state index in [1.54, 1.807) is 11.3 Å². The van der Waals surface area contributed by atoms with E-state index in [2.05, 4.69) is 33.5 Å². The van der Waals surface area contributed by atoms with E-state index in [0.29, 0.717) is 0 Å². The van der Waals surface area contributed by atoms with Crippen LogP contribution in [0.5, 0.6) is 0 Å². The molecule has 1 aliphatic rings. The fraction of sp³-hybridized carbons (Fsp3) is 0.0909. The van der Waals surface area contributed by atoms with Gasteiger partial charge in [-0.05, 0) is 17.5 Å². The first-order valence-corrected chi connectivity index (χ1v) is 5.53. The van der Waals surface area contributed by atoms with E-state index < -0.39 is 0 Å². The van der Waals surface area contributed by atoms with E-state index in [4.69, 9.17) is 0 Å². The second-order valence-corrected chi connectivity index (χ2v) is 4.08. The molecule has 2 aromatic rings. The highest BCUT2D eigenvalue weighted by molar-refractivity contribution is 7.08. The topological polar surface area (TPSA) is 24.1 Å². The summed E-state index contributed by atoms with van der Waals surface area (Å²) in [4.78, 5) is 0. The van der Waals surface area contributed by atoms with Gasteiger partial charge < -0.3 is 10.6 Å². The number of anilines is 3. The lowest BCUT2D eigenvalue weighted by Gasteiger charge is -2.06. The van der Waals surface area contributed by atoms with Crippen molar-refractivity contribution in [2.45, 2.75) is 6.54 Å². The first-order chi connectivity index (χ1) is 6.93. The van der Waals surface area contributed by atoms with Crippen LogP contribution in [0.15, 0.2) is 35.0 Å². The predicted molar refractivity (Wildman–Crippen MR) is 61.4 cm³/mol. The summed E-state index contributed by atoms with van der Waals surface area (Å²) >= 11 is 1.74. The molecule has 2 heterocycles. The Labute approximate surface area is 86.6 Å². The van der Waals surface area contributed by atoms with Crippen molar-refractivity contribution in [2.24, 2.45) is 0 Å². The number of thiophene rings is 1. The third kappa shape index (κ3) is 1.17. The minimum atomic E-state index is 0.906. The van der Waals surface area contributed by atoms with E-state index in [9.17, 15) is 0 Å². The van der Waals surface area contributed by atoms with Gasteiger partial charge in [0.05, 0.1) is 17.1 Å². The van der Waals surface area contributed by atoms with Crippen LogP contribution in [0, 0.1) is 0 Å². The van der Waals surface area contributed by atoms with Crippen LogP contribution in [0.25, 0.3) is 0 Å². The standard InChI is InChI=1S/C11H10N2S/c1-2-4-10-9(3-1)12-5-8-6-14-7-11(8)13-10/h1-4,6-7,12-13H,5H2. The molecule has 70 valence electrons. The molecule has 3 rings (SSSR count). The van der Waals surface area contributed by atoms with E-state index in [-0.39, 0.29) is 0 Å². The molecule has 0 radical (unpaired) electrons. The molecule has 2 N–H and O–H groups in total. The maximum Gasteiger partial charge on any atom is 0.0620 e. The monoisotopic (exact) mass is 202 g/mol. The molecule has 0 bridgehead atoms. The minimum Gasteiger partial charge on any atom is -0.379 e. The van der Waals surface area contributed by atoms with Crippen molar-refractivity contribution in [1.82, 2.24) is 0 Å². The normalized spacial score (nSPS) is 13.1. The van der Waals surface area contributed by atoms with Gasteiger partial charge in [-0.15, -0.1) is 11.3 Å². The third-order valence-corrected chi connectivity index (χ3v) is 3.20. The fourth-order valence-electron chi connectivity index (χ4n) is 1.65. The zero-order chi connectivity index (χ0) is 9.38. The van der Waals surface area contributed by atoms with E-state index in [1.165, 1.54) is 16.9 Å². The summed E-state index contributed by atoms with van der Waals surface area (Å²) in [6, 6.07) is 8.28. The Hall–Kier alpha value is -1.48. The van der Waals surface area contributed by atoms with Gasteiger partial charge in [0.1, 0.15) is 0 Å². The first kappa shape index (κ1) is 7.88. The molecule has 0 atom stereocenters. The molecule has 0 unspecified atom stereocenters. The molecule has 0 saturated carbocycles. The van der Waals surface area contributed by atoms with Crippen molar-refractivity contribution in [3.8, 4) is 0 Å². The number of rotatable bonds is 0. The Morgan fingerprint density at radius 1 is 1.00 bits per heavy atom. The number of hydrogen-bond acceptors (Lipinski definition) is 3. The van der Waals surface area contributed by atoms with Gasteiger partial charge in [0, 0.05) is 17.5 Å². The van der Waals surface area contributed by atoms with Crippen LogP contribution in [0.2, 0.25) is 0 Å². The first-order valence-electron chi connectivity index (χ1n) is 4.58. The zero-order valence-corrected chi connectivity index (χ0v) is 8.40. The van der Waals surface area contributed by atoms with E-state index >= 15 is 0 Å². The number of fused-ring (bicyclic) bond motifs is 2. The lowest BCUT2D eigenvalue weighted by Crippen LogP contribution is -1.95. The summed E-state index contributed by atoms with van der Waals surface area (Å²) in [7, 11) is 0. The largest absolute Gasteiger partial charge is 0.379 e. The summed E-state index contributed by atoms with van der Waals surface area (Å²) in [5, 5.41) is 11.2. The Morgan fingerprint density at radius 2 is 1.86 bits per heavy atom. The molecule has 1 aromatic carbocycles. The SMILES string of the molecule is c1ccc2c(c1)NCc1cscc1N2. The zero-order valence-electron chi connectivity index (χ0n) is 7.58. The Morgan fingerprint density at radius 3 is 2.79 bits per heavy atom. The summed E-state index contributed by atoms with van der Waals surface area (Å²) in [5.41, 5.74) is 4.90. The van der Waals surface area contributed by atoms with Gasteiger partial charge >= 0.3 is 0 Å². The van der Waals surface area contributed by atoms with Crippen molar-refractivity contribution in [3.63, 3.8) is 0 Å². The molecule has 0 saturated heterocycles. The van der Waals surface area contributed by atoms with Crippen LogP contribution in [0.1, 0.15) is 5.56 Å². The van der Waals surface area contributed by atoms with Gasteiger partial charge in [0.2, 0.25) is 0 Å². The van der Waals surface area contributed by atoms with Crippen molar-refractivity contribution in [1.29, 1.82) is 0 Å². The van der Waals surface area contributed by atoms with Gasteiger partial charge in [0.25, 0.3) is 0 Å². The lowest BCUT2D eigenvalue weighted by molar-refractivity contribution is 1.18. The number of nitrogens with one attached hydrogen (secondary N) is 2. The average Bonchev–Trinajstić information content (AvgIpc) is 2.58. The van der Waals surface area contributed by atoms with E-state index in [0.717, 1.165) is 12.2 Å². The van der Waals surface area contributed by atoms with Crippen LogP contribution in [-0.2, 0) is 6.54 Å². The number of benzene rings is 1. The molecule has 0 amide bonds. The number of para-hydroxylation sites is 2. The van der Waals surface area contributed by atoms with Crippen molar-refractivity contribution < 1.29 is 0 Å². The van der Waals surface area contributed by atoms with Gasteiger partial charge in [-0.2, -0.15) is 0 Å². The summed E-state index contributed by atoms with van der Waals surface area (Å²) in [6.45, 7) is 0.906. The summed E-state index contributed by atoms with van der Waals surface area (Å²) in [5.74, 6) is 0. The lowest BCUT2D eigenvalue weighted by atomic mass is 10.2. The molecule has 2 nitrogen and oxygen atoms in total. The Balaban J connectivity index is 2.10. The summed E-state index contributed by atoms with van der Waals surface area (Å²) < 4.78 is 0. The van der Waals surface area contributed by atoms with Crippen LogP contribution in [0.3, 0.4) is 0 Å². The second kappa shape index (κ2) is 3.03. The number of hydrogen-bond donors (Lipinski definition) is 2. The molecule has 0 fully saturated rings. The van der Waals surface area contributed by atoms with Crippen molar-refractivity contribution >= 4 is 28.4 Å². The molecule has 1 aliphatic heterocycles. The van der Waals surface area contributed by atoms with E-state index in [1.807, 2.05) is 12.1 Å². The third-order valence-electron chi connectivity index (χ3n) is 2.41. The predicted octanol–water partition coefficient (Wildman–Crippen LogP) is 3.42. The van der Waals surface area contributed by atoms with Gasteiger partial charge in [0.15, 0.2) is 0 Å². The van der Waals surface area contributed by atoms with Crippen LogP contribution >= 0.6 is 11.3 Å². The summed E-state index contributed by atoms with van der Waals surface area (Å²) in [6.07, 6.45) is 0. The molecule has 1 aromatic heterocycles. The van der Waals surface area contributed by atoms with Gasteiger partial charge in [-0.3, -0.25) is 0 Å². The van der Waals surface area contributed by atoms with Crippen molar-refractivity contribution in [3.05, 3.63) is 40.6 Å². The fourth-order valence-corrected chi connectivity index (χ4v) is 2.44. The van der Waals surface area contributed by atoms with Crippen LogP contribution < -0.4 is 10.6 Å². The molecule has 3 heteroatoms. The Kier molecular flexibility index (Phi) is 1.70. The molecule has 14 heavy (non-hydrogen) atoms. The molecule has 0 aliphatic carbocycles. The van der Waals surface area contributed by atoms with Gasteiger partial charge in [-0.25, -0.2) is 0 Å². The second-order valence-electron chi connectivity index (χ2n) is 3.33. The van der Waals surface area contributed by atoms with Crippen LogP contribution in [-0.4, -0.2) is 0 Å². The molecule has 0 spiro atoms. The minimum absolute atomic E-state index is 0.906. The van der Waals surface area contributed by atoms with Crippen molar-refractivity contribution in [2.75, 3.05) is 10.6 Å². The highest BCUT2D eigenvalue weighted by atomic mass is 32.1.